The molecule has 0 aromatic carbocycles. The first-order chi connectivity index (χ1) is 12.7. The predicted octanol–water partition coefficient (Wildman–Crippen LogP) is 1.18. The molecule has 4 aliphatic rings. The Morgan fingerprint density at radius 2 is 2.04 bits per heavy atom. The maximum atomic E-state index is 13.4. The molecular formula is C19H26N2O5. The molecule has 1 aromatic rings. The lowest BCUT2D eigenvalue weighted by Gasteiger charge is -2.57. The Hall–Kier alpha value is -1.44. The number of aliphatic hydroxyl groups is 1. The van der Waals surface area contributed by atoms with Crippen LogP contribution in [0.3, 0.4) is 0 Å². The van der Waals surface area contributed by atoms with Gasteiger partial charge in [0.25, 0.3) is 5.91 Å². The molecule has 142 valence electrons. The standard InChI is InChI=1S/C19H26N2O5/c22-18(17-13-3-1-2-4-16(13)26-20-17)21-9-12-10-25-8-6-19(12,23)14-11-24-7-5-15(14)21/h12,14-15,23H,1-11H2/t12-,14+,15-,19-/m0/s1. The molecule has 0 saturated carbocycles. The van der Waals surface area contributed by atoms with E-state index in [1.54, 1.807) is 0 Å². The van der Waals surface area contributed by atoms with Gasteiger partial charge in [-0.3, -0.25) is 4.79 Å². The van der Waals surface area contributed by atoms with E-state index in [0.29, 0.717) is 45.1 Å². The van der Waals surface area contributed by atoms with E-state index >= 15 is 0 Å². The van der Waals surface area contributed by atoms with Crippen molar-refractivity contribution in [1.29, 1.82) is 0 Å². The number of hydrogen-bond donors (Lipinski definition) is 1. The first-order valence-corrected chi connectivity index (χ1v) is 9.85. The summed E-state index contributed by atoms with van der Waals surface area (Å²) >= 11 is 0. The number of aryl methyl sites for hydroxylation is 1. The Balaban J connectivity index is 1.48. The van der Waals surface area contributed by atoms with E-state index in [-0.39, 0.29) is 23.8 Å². The van der Waals surface area contributed by atoms with Gasteiger partial charge in [-0.15, -0.1) is 0 Å². The SMILES string of the molecule is O=C(c1noc2c1CCCC2)N1C[C@H]2COCC[C@@]2(O)[C@@H]2COCC[C@@H]21. The number of hydrogen-bond acceptors (Lipinski definition) is 6. The largest absolute Gasteiger partial charge is 0.389 e. The Bertz CT molecular complexity index is 704. The van der Waals surface area contributed by atoms with E-state index in [1.165, 1.54) is 0 Å². The first kappa shape index (κ1) is 16.7. The van der Waals surface area contributed by atoms with Crippen LogP contribution in [-0.2, 0) is 22.3 Å². The fourth-order valence-electron chi connectivity index (χ4n) is 5.38. The molecule has 4 atom stereocenters. The van der Waals surface area contributed by atoms with Crippen molar-refractivity contribution in [1.82, 2.24) is 10.1 Å². The summed E-state index contributed by atoms with van der Waals surface area (Å²) in [5, 5.41) is 15.5. The van der Waals surface area contributed by atoms with Gasteiger partial charge in [0.1, 0.15) is 5.76 Å². The van der Waals surface area contributed by atoms with Gasteiger partial charge >= 0.3 is 0 Å². The van der Waals surface area contributed by atoms with Crippen LogP contribution in [0.5, 0.6) is 0 Å². The van der Waals surface area contributed by atoms with E-state index in [1.807, 2.05) is 4.90 Å². The molecule has 1 aromatic heterocycles. The number of aromatic nitrogens is 1. The van der Waals surface area contributed by atoms with Crippen molar-refractivity contribution >= 4 is 5.91 Å². The zero-order valence-corrected chi connectivity index (χ0v) is 15.0. The number of piperidine rings is 1. The summed E-state index contributed by atoms with van der Waals surface area (Å²) < 4.78 is 16.8. The smallest absolute Gasteiger partial charge is 0.276 e. The third kappa shape index (κ3) is 2.44. The average Bonchev–Trinajstić information content (AvgIpc) is 3.11. The maximum absolute atomic E-state index is 13.4. The van der Waals surface area contributed by atoms with Gasteiger partial charge < -0.3 is 24.0 Å². The first-order valence-electron chi connectivity index (χ1n) is 9.85. The lowest BCUT2D eigenvalue weighted by molar-refractivity contribution is -0.212. The number of rotatable bonds is 1. The van der Waals surface area contributed by atoms with Crippen molar-refractivity contribution in [2.75, 3.05) is 33.0 Å². The molecule has 7 heteroatoms. The lowest BCUT2D eigenvalue weighted by atomic mass is 9.66. The Morgan fingerprint density at radius 1 is 1.19 bits per heavy atom. The second-order valence-electron chi connectivity index (χ2n) is 8.15. The van der Waals surface area contributed by atoms with Gasteiger partial charge in [0.15, 0.2) is 5.69 Å². The van der Waals surface area contributed by atoms with Crippen LogP contribution in [0.1, 0.15) is 47.5 Å². The van der Waals surface area contributed by atoms with Gasteiger partial charge in [-0.2, -0.15) is 0 Å². The van der Waals surface area contributed by atoms with Crippen LogP contribution in [0.15, 0.2) is 4.52 Å². The molecule has 3 saturated heterocycles. The monoisotopic (exact) mass is 362 g/mol. The molecule has 0 bridgehead atoms. The molecule has 7 nitrogen and oxygen atoms in total. The van der Waals surface area contributed by atoms with Gasteiger partial charge in [0.05, 0.1) is 18.8 Å². The normalized spacial score (nSPS) is 36.8. The van der Waals surface area contributed by atoms with E-state index in [0.717, 1.165) is 43.4 Å². The van der Waals surface area contributed by atoms with Crippen LogP contribution < -0.4 is 0 Å². The number of carbonyl (C=O) groups is 1. The summed E-state index contributed by atoms with van der Waals surface area (Å²) in [5.74, 6) is 0.676. The number of fused-ring (bicyclic) bond motifs is 4. The summed E-state index contributed by atoms with van der Waals surface area (Å²) in [6, 6.07) is -0.00783. The molecule has 26 heavy (non-hydrogen) atoms. The Labute approximate surface area is 152 Å². The van der Waals surface area contributed by atoms with E-state index in [4.69, 9.17) is 14.0 Å². The molecule has 5 rings (SSSR count). The second kappa shape index (κ2) is 6.32. The van der Waals surface area contributed by atoms with Crippen LogP contribution in [-0.4, -0.2) is 65.7 Å². The molecule has 1 amide bonds. The molecule has 1 aliphatic carbocycles. The fraction of sp³-hybridized carbons (Fsp3) is 0.789. The molecule has 4 heterocycles. The molecule has 3 fully saturated rings. The molecule has 0 unspecified atom stereocenters. The van der Waals surface area contributed by atoms with Crippen LogP contribution in [0.2, 0.25) is 0 Å². The average molecular weight is 362 g/mol. The Kier molecular flexibility index (Phi) is 4.06. The van der Waals surface area contributed by atoms with Crippen molar-refractivity contribution in [3.63, 3.8) is 0 Å². The quantitative estimate of drug-likeness (QED) is 0.808. The van der Waals surface area contributed by atoms with Crippen LogP contribution in [0.4, 0.5) is 0 Å². The third-order valence-electron chi connectivity index (χ3n) is 6.87. The second-order valence-corrected chi connectivity index (χ2v) is 8.15. The summed E-state index contributed by atoms with van der Waals surface area (Å²) in [7, 11) is 0. The summed E-state index contributed by atoms with van der Waals surface area (Å²) in [6.07, 6.45) is 5.27. The molecule has 0 spiro atoms. The van der Waals surface area contributed by atoms with Gasteiger partial charge in [-0.25, -0.2) is 0 Å². The number of nitrogens with zero attached hydrogens (tertiary/aromatic N) is 2. The highest BCUT2D eigenvalue weighted by Gasteiger charge is 2.56. The van der Waals surface area contributed by atoms with Crippen molar-refractivity contribution in [3.05, 3.63) is 17.0 Å². The summed E-state index contributed by atoms with van der Waals surface area (Å²) in [4.78, 5) is 15.3. The minimum absolute atomic E-state index is 0.00783. The van der Waals surface area contributed by atoms with Crippen molar-refractivity contribution in [3.8, 4) is 0 Å². The summed E-state index contributed by atoms with van der Waals surface area (Å²) in [5.41, 5.74) is 0.668. The predicted molar refractivity (Wildman–Crippen MR) is 90.8 cm³/mol. The van der Waals surface area contributed by atoms with Crippen LogP contribution >= 0.6 is 0 Å². The fourth-order valence-corrected chi connectivity index (χ4v) is 5.38. The van der Waals surface area contributed by atoms with Gasteiger partial charge in [-0.05, 0) is 25.7 Å². The van der Waals surface area contributed by atoms with E-state index < -0.39 is 5.60 Å². The summed E-state index contributed by atoms with van der Waals surface area (Å²) in [6.45, 7) is 2.69. The number of ether oxygens (including phenoxy) is 2. The minimum atomic E-state index is -0.802. The van der Waals surface area contributed by atoms with Crippen molar-refractivity contribution in [2.45, 2.75) is 50.2 Å². The maximum Gasteiger partial charge on any atom is 0.276 e. The number of carbonyl (C=O) groups excluding carboxylic acids is 1. The molecular weight excluding hydrogens is 336 g/mol. The zero-order valence-electron chi connectivity index (χ0n) is 15.0. The molecule has 3 aliphatic heterocycles. The zero-order chi connectivity index (χ0) is 17.7. The van der Waals surface area contributed by atoms with E-state index in [9.17, 15) is 9.90 Å². The highest BCUT2D eigenvalue weighted by atomic mass is 16.5. The topological polar surface area (TPSA) is 85.0 Å². The molecule has 0 radical (unpaired) electrons. The van der Waals surface area contributed by atoms with Crippen molar-refractivity contribution in [2.24, 2.45) is 11.8 Å². The lowest BCUT2D eigenvalue weighted by Crippen LogP contribution is -2.68. The highest BCUT2D eigenvalue weighted by Crippen LogP contribution is 2.44. The molecule has 1 N–H and O–H groups in total. The number of amides is 1. The Morgan fingerprint density at radius 3 is 2.96 bits per heavy atom. The van der Waals surface area contributed by atoms with E-state index in [2.05, 4.69) is 5.16 Å². The van der Waals surface area contributed by atoms with Gasteiger partial charge in [-0.1, -0.05) is 5.16 Å². The van der Waals surface area contributed by atoms with Gasteiger partial charge in [0.2, 0.25) is 0 Å². The van der Waals surface area contributed by atoms with Crippen molar-refractivity contribution < 1.29 is 23.9 Å². The third-order valence-corrected chi connectivity index (χ3v) is 6.87. The van der Waals surface area contributed by atoms with Gasteiger partial charge in [0, 0.05) is 56.0 Å². The van der Waals surface area contributed by atoms with Crippen LogP contribution in [0, 0.1) is 11.8 Å². The number of likely N-dealkylation sites (tertiary alicyclic amines) is 1. The van der Waals surface area contributed by atoms with Crippen LogP contribution in [0.25, 0.3) is 0 Å². The highest BCUT2D eigenvalue weighted by molar-refractivity contribution is 5.94. The minimum Gasteiger partial charge on any atom is -0.389 e.